The normalized spacial score (nSPS) is 11.4. The lowest BCUT2D eigenvalue weighted by Gasteiger charge is -2.17. The number of hydrogen-bond acceptors (Lipinski definition) is 2. The average Bonchev–Trinajstić information content (AvgIpc) is 2.48. The molecule has 0 aliphatic heterocycles. The van der Waals surface area contributed by atoms with Crippen LogP contribution in [0.3, 0.4) is 0 Å². The molecule has 0 atom stereocenters. The molecule has 0 radical (unpaired) electrons. The summed E-state index contributed by atoms with van der Waals surface area (Å²) < 4.78 is 5.70. The van der Waals surface area contributed by atoms with Crippen molar-refractivity contribution in [1.29, 1.82) is 0 Å². The molecule has 122 valence electrons. The molecule has 0 unspecified atom stereocenters. The van der Waals surface area contributed by atoms with Gasteiger partial charge in [0.2, 0.25) is 0 Å². The van der Waals surface area contributed by atoms with Crippen LogP contribution in [-0.2, 0) is 4.74 Å². The minimum absolute atomic E-state index is 0.902. The van der Waals surface area contributed by atoms with E-state index in [-0.39, 0.29) is 0 Å². The third-order valence-corrected chi connectivity index (χ3v) is 4.09. The van der Waals surface area contributed by atoms with Crippen molar-refractivity contribution in [2.45, 2.75) is 85.0 Å². The van der Waals surface area contributed by atoms with Crippen LogP contribution in [0.4, 0.5) is 0 Å². The second kappa shape index (κ2) is 17.0. The third kappa shape index (κ3) is 14.3. The zero-order chi connectivity index (χ0) is 14.9. The summed E-state index contributed by atoms with van der Waals surface area (Å²) in [6.45, 7) is 11.9. The molecule has 0 aromatic heterocycles. The van der Waals surface area contributed by atoms with Gasteiger partial charge in [0.05, 0.1) is 6.61 Å². The van der Waals surface area contributed by atoms with E-state index in [1.54, 1.807) is 0 Å². The van der Waals surface area contributed by atoms with E-state index in [1.165, 1.54) is 64.2 Å². The van der Waals surface area contributed by atoms with E-state index in [0.29, 0.717) is 0 Å². The smallest absolute Gasteiger partial charge is 0.0593 e. The lowest BCUT2D eigenvalue weighted by molar-refractivity contribution is 0.104. The van der Waals surface area contributed by atoms with Crippen LogP contribution in [0, 0.1) is 0 Å². The van der Waals surface area contributed by atoms with E-state index in [2.05, 4.69) is 25.7 Å². The molecule has 0 aromatic carbocycles. The van der Waals surface area contributed by atoms with Crippen molar-refractivity contribution in [3.8, 4) is 0 Å². The van der Waals surface area contributed by atoms with Crippen LogP contribution >= 0.6 is 0 Å². The Morgan fingerprint density at radius 2 is 1.10 bits per heavy atom. The van der Waals surface area contributed by atoms with Gasteiger partial charge in [0, 0.05) is 13.2 Å². The van der Waals surface area contributed by atoms with Crippen LogP contribution in [0.15, 0.2) is 0 Å². The number of ether oxygens (including phenoxy) is 1. The van der Waals surface area contributed by atoms with Crippen molar-refractivity contribution in [2.24, 2.45) is 0 Å². The molecule has 0 heterocycles. The van der Waals surface area contributed by atoms with E-state index in [1.807, 2.05) is 0 Å². The van der Waals surface area contributed by atoms with Gasteiger partial charge in [-0.05, 0) is 19.5 Å². The number of nitrogens with zero attached hydrogens (tertiary/aromatic N) is 1. The number of likely N-dealkylation sites (N-methyl/N-ethyl adjacent to an activating group) is 1. The standard InChI is InChI=1S/C18H39NO/c1-4-7-8-9-10-11-12-13-14-15-17-20-18-16-19(5-2)6-3/h4-18H2,1-3H3. The van der Waals surface area contributed by atoms with Crippen molar-refractivity contribution in [3.63, 3.8) is 0 Å². The van der Waals surface area contributed by atoms with Crippen LogP contribution in [0.1, 0.15) is 85.0 Å². The van der Waals surface area contributed by atoms with E-state index >= 15 is 0 Å². The third-order valence-electron chi connectivity index (χ3n) is 4.09. The van der Waals surface area contributed by atoms with Crippen LogP contribution in [0.25, 0.3) is 0 Å². The topological polar surface area (TPSA) is 12.5 Å². The van der Waals surface area contributed by atoms with Gasteiger partial charge in [0.1, 0.15) is 0 Å². The molecular formula is C18H39NO. The lowest BCUT2D eigenvalue weighted by atomic mass is 10.1. The summed E-state index contributed by atoms with van der Waals surface area (Å²) in [6, 6.07) is 0. The first-order valence-corrected chi connectivity index (χ1v) is 9.15. The molecule has 0 bridgehead atoms. The molecule has 0 N–H and O–H groups in total. The summed E-state index contributed by atoms with van der Waals surface area (Å²) in [5.41, 5.74) is 0. The molecular weight excluding hydrogens is 246 g/mol. The maximum atomic E-state index is 5.70. The largest absolute Gasteiger partial charge is 0.380 e. The van der Waals surface area contributed by atoms with Crippen molar-refractivity contribution in [3.05, 3.63) is 0 Å². The molecule has 0 spiro atoms. The first-order valence-electron chi connectivity index (χ1n) is 9.15. The van der Waals surface area contributed by atoms with Crippen LogP contribution in [-0.4, -0.2) is 37.7 Å². The molecule has 0 aliphatic rings. The summed E-state index contributed by atoms with van der Waals surface area (Å²) in [5, 5.41) is 0. The minimum Gasteiger partial charge on any atom is -0.380 e. The maximum Gasteiger partial charge on any atom is 0.0593 e. The second-order valence-corrected chi connectivity index (χ2v) is 5.82. The van der Waals surface area contributed by atoms with Crippen LogP contribution in [0.5, 0.6) is 0 Å². The van der Waals surface area contributed by atoms with Crippen molar-refractivity contribution in [1.82, 2.24) is 4.90 Å². The highest BCUT2D eigenvalue weighted by molar-refractivity contribution is 4.51. The number of hydrogen-bond donors (Lipinski definition) is 0. The zero-order valence-corrected chi connectivity index (χ0v) is 14.5. The van der Waals surface area contributed by atoms with Crippen molar-refractivity contribution < 1.29 is 4.74 Å². The fraction of sp³-hybridized carbons (Fsp3) is 1.00. The van der Waals surface area contributed by atoms with Gasteiger partial charge in [-0.2, -0.15) is 0 Å². The highest BCUT2D eigenvalue weighted by atomic mass is 16.5. The van der Waals surface area contributed by atoms with Crippen LogP contribution in [0.2, 0.25) is 0 Å². The SMILES string of the molecule is CCCCCCCCCCCCOCCN(CC)CC. The fourth-order valence-electron chi connectivity index (χ4n) is 2.53. The summed E-state index contributed by atoms with van der Waals surface area (Å²) in [5.74, 6) is 0. The highest BCUT2D eigenvalue weighted by Gasteiger charge is 1.98. The molecule has 2 nitrogen and oxygen atoms in total. The zero-order valence-electron chi connectivity index (χ0n) is 14.5. The Bertz CT molecular complexity index is 169. The summed E-state index contributed by atoms with van der Waals surface area (Å²) in [4.78, 5) is 2.42. The lowest BCUT2D eigenvalue weighted by Crippen LogP contribution is -2.27. The molecule has 2 heteroatoms. The highest BCUT2D eigenvalue weighted by Crippen LogP contribution is 2.10. The number of rotatable bonds is 16. The number of unbranched alkanes of at least 4 members (excludes halogenated alkanes) is 9. The second-order valence-electron chi connectivity index (χ2n) is 5.82. The van der Waals surface area contributed by atoms with Gasteiger partial charge in [0.25, 0.3) is 0 Å². The summed E-state index contributed by atoms with van der Waals surface area (Å²) in [6.07, 6.45) is 14.0. The van der Waals surface area contributed by atoms with E-state index < -0.39 is 0 Å². The minimum atomic E-state index is 0.902. The Balaban J connectivity index is 3.02. The van der Waals surface area contributed by atoms with E-state index in [0.717, 1.165) is 32.8 Å². The Hall–Kier alpha value is -0.0800. The Morgan fingerprint density at radius 1 is 0.600 bits per heavy atom. The van der Waals surface area contributed by atoms with Crippen LogP contribution < -0.4 is 0 Å². The Labute approximate surface area is 128 Å². The van der Waals surface area contributed by atoms with Gasteiger partial charge in [-0.15, -0.1) is 0 Å². The Morgan fingerprint density at radius 3 is 1.60 bits per heavy atom. The molecule has 0 rings (SSSR count). The van der Waals surface area contributed by atoms with Gasteiger partial charge in [-0.1, -0.05) is 78.6 Å². The first-order chi connectivity index (χ1) is 9.85. The molecule has 0 saturated carbocycles. The monoisotopic (exact) mass is 285 g/mol. The molecule has 0 amide bonds. The van der Waals surface area contributed by atoms with Gasteiger partial charge in [-0.3, -0.25) is 0 Å². The van der Waals surface area contributed by atoms with Crippen molar-refractivity contribution >= 4 is 0 Å². The summed E-state index contributed by atoms with van der Waals surface area (Å²) in [7, 11) is 0. The molecule has 0 aromatic rings. The van der Waals surface area contributed by atoms with E-state index in [9.17, 15) is 0 Å². The van der Waals surface area contributed by atoms with E-state index in [4.69, 9.17) is 4.74 Å². The molecule has 0 aliphatic carbocycles. The molecule has 20 heavy (non-hydrogen) atoms. The molecule has 0 saturated heterocycles. The maximum absolute atomic E-state index is 5.70. The van der Waals surface area contributed by atoms with Gasteiger partial charge in [-0.25, -0.2) is 0 Å². The predicted octanol–water partition coefficient (Wildman–Crippen LogP) is 5.27. The van der Waals surface area contributed by atoms with Gasteiger partial charge < -0.3 is 9.64 Å². The molecule has 0 fully saturated rings. The summed E-state index contributed by atoms with van der Waals surface area (Å²) >= 11 is 0. The quantitative estimate of drug-likeness (QED) is 0.358. The van der Waals surface area contributed by atoms with Gasteiger partial charge >= 0.3 is 0 Å². The average molecular weight is 286 g/mol. The predicted molar refractivity (Wildman–Crippen MR) is 90.5 cm³/mol. The first kappa shape index (κ1) is 19.9. The van der Waals surface area contributed by atoms with Crippen molar-refractivity contribution in [2.75, 3.05) is 32.8 Å². The van der Waals surface area contributed by atoms with Gasteiger partial charge in [0.15, 0.2) is 0 Å². The fourth-order valence-corrected chi connectivity index (χ4v) is 2.53. The Kier molecular flexibility index (Phi) is 16.9.